The fraction of sp³-hybridized carbons (Fsp3) is 0.167. The van der Waals surface area contributed by atoms with Crippen molar-refractivity contribution in [1.82, 2.24) is 15.1 Å². The summed E-state index contributed by atoms with van der Waals surface area (Å²) in [7, 11) is 0. The molecule has 4 aromatic rings. The van der Waals surface area contributed by atoms with E-state index in [1.807, 2.05) is 36.4 Å². The van der Waals surface area contributed by atoms with E-state index in [0.717, 1.165) is 16.1 Å². The first-order valence-electron chi connectivity index (χ1n) is 9.95. The zero-order chi connectivity index (χ0) is 21.6. The first kappa shape index (κ1) is 20.8. The summed E-state index contributed by atoms with van der Waals surface area (Å²) in [5.41, 5.74) is 4.16. The molecule has 0 fully saturated rings. The highest BCUT2D eigenvalue weighted by Gasteiger charge is 2.11. The van der Waals surface area contributed by atoms with Gasteiger partial charge < -0.3 is 9.84 Å². The highest BCUT2D eigenvalue weighted by molar-refractivity contribution is 7.99. The zero-order valence-corrected chi connectivity index (χ0v) is 18.1. The smallest absolute Gasteiger partial charge is 0.227 e. The number of carbonyl (C=O) groups is 1. The van der Waals surface area contributed by atoms with E-state index in [1.54, 1.807) is 24.2 Å². The molecule has 0 aliphatic heterocycles. The van der Waals surface area contributed by atoms with Crippen LogP contribution < -0.4 is 5.32 Å². The molecule has 0 saturated carbocycles. The summed E-state index contributed by atoms with van der Waals surface area (Å²) in [4.78, 5) is 22.9. The van der Waals surface area contributed by atoms with E-state index in [1.165, 1.54) is 16.0 Å². The number of pyridine rings is 1. The molecular weight excluding hydrogens is 408 g/mol. The Morgan fingerprint density at radius 3 is 2.45 bits per heavy atom. The maximum Gasteiger partial charge on any atom is 0.227 e. The highest BCUT2D eigenvalue weighted by atomic mass is 32.2. The predicted molar refractivity (Wildman–Crippen MR) is 121 cm³/mol. The summed E-state index contributed by atoms with van der Waals surface area (Å²) in [6.07, 6.45) is 3.98. The Morgan fingerprint density at radius 2 is 1.71 bits per heavy atom. The molecule has 1 amide bonds. The fourth-order valence-corrected chi connectivity index (χ4v) is 3.85. The van der Waals surface area contributed by atoms with Crippen molar-refractivity contribution in [3.05, 3.63) is 84.0 Å². The molecular formula is C24H22N4O2S. The van der Waals surface area contributed by atoms with E-state index in [4.69, 9.17) is 4.52 Å². The van der Waals surface area contributed by atoms with Gasteiger partial charge in [0.1, 0.15) is 0 Å². The lowest BCUT2D eigenvalue weighted by atomic mass is 10.1. The second-order valence-electron chi connectivity index (χ2n) is 7.17. The lowest BCUT2D eigenvalue weighted by Crippen LogP contribution is -2.12. The molecule has 0 aliphatic carbocycles. The van der Waals surface area contributed by atoms with Gasteiger partial charge in [0.05, 0.1) is 0 Å². The van der Waals surface area contributed by atoms with E-state index in [0.29, 0.717) is 18.1 Å². The lowest BCUT2D eigenvalue weighted by Gasteiger charge is -2.07. The van der Waals surface area contributed by atoms with Crippen LogP contribution in [0.2, 0.25) is 0 Å². The van der Waals surface area contributed by atoms with Gasteiger partial charge in [0, 0.05) is 46.3 Å². The van der Waals surface area contributed by atoms with Crippen LogP contribution in [0.1, 0.15) is 23.4 Å². The molecule has 0 bridgehead atoms. The third kappa shape index (κ3) is 5.58. The maximum absolute atomic E-state index is 12.3. The summed E-state index contributed by atoms with van der Waals surface area (Å²) in [6, 6.07) is 17.9. The van der Waals surface area contributed by atoms with Gasteiger partial charge in [0.25, 0.3) is 0 Å². The third-order valence-electron chi connectivity index (χ3n) is 4.82. The standard InChI is InChI=1S/C24H22N4O2S/c1-16-3-6-21(15-17(16)2)31-20-7-4-19(5-8-20)26-22(29)9-10-23-27-24(28-30-23)18-11-13-25-14-12-18/h3-8,11-15H,9-10H2,1-2H3,(H,26,29). The van der Waals surface area contributed by atoms with Crippen LogP contribution in [-0.2, 0) is 11.2 Å². The van der Waals surface area contributed by atoms with Gasteiger partial charge in [-0.25, -0.2) is 0 Å². The Labute approximate surface area is 185 Å². The molecule has 1 N–H and O–H groups in total. The van der Waals surface area contributed by atoms with Crippen molar-refractivity contribution in [3.63, 3.8) is 0 Å². The van der Waals surface area contributed by atoms with Crippen molar-refractivity contribution >= 4 is 23.4 Å². The maximum atomic E-state index is 12.3. The van der Waals surface area contributed by atoms with E-state index in [9.17, 15) is 4.79 Å². The van der Waals surface area contributed by atoms with Crippen LogP contribution in [0.3, 0.4) is 0 Å². The molecule has 0 unspecified atom stereocenters. The number of aromatic nitrogens is 3. The average molecular weight is 431 g/mol. The first-order valence-corrected chi connectivity index (χ1v) is 10.8. The lowest BCUT2D eigenvalue weighted by molar-refractivity contribution is -0.116. The fourth-order valence-electron chi connectivity index (χ4n) is 2.94. The van der Waals surface area contributed by atoms with E-state index < -0.39 is 0 Å². The quantitative estimate of drug-likeness (QED) is 0.419. The van der Waals surface area contributed by atoms with Gasteiger partial charge >= 0.3 is 0 Å². The summed E-state index contributed by atoms with van der Waals surface area (Å²) in [5.74, 6) is 0.829. The van der Waals surface area contributed by atoms with Crippen molar-refractivity contribution in [2.24, 2.45) is 0 Å². The number of carbonyl (C=O) groups excluding carboxylic acids is 1. The summed E-state index contributed by atoms with van der Waals surface area (Å²) >= 11 is 1.70. The molecule has 0 aliphatic rings. The number of anilines is 1. The van der Waals surface area contributed by atoms with E-state index in [-0.39, 0.29) is 12.3 Å². The number of rotatable bonds is 7. The van der Waals surface area contributed by atoms with Gasteiger partial charge in [-0.15, -0.1) is 0 Å². The molecule has 4 rings (SSSR count). The number of benzene rings is 2. The summed E-state index contributed by atoms with van der Waals surface area (Å²) < 4.78 is 5.24. The largest absolute Gasteiger partial charge is 0.339 e. The van der Waals surface area contributed by atoms with Crippen molar-refractivity contribution in [2.75, 3.05) is 5.32 Å². The monoisotopic (exact) mass is 430 g/mol. The Morgan fingerprint density at radius 1 is 0.968 bits per heavy atom. The minimum Gasteiger partial charge on any atom is -0.339 e. The molecule has 2 aromatic heterocycles. The van der Waals surface area contributed by atoms with Gasteiger partial charge in [0.2, 0.25) is 17.6 Å². The molecule has 6 nitrogen and oxygen atoms in total. The molecule has 0 radical (unpaired) electrons. The molecule has 7 heteroatoms. The van der Waals surface area contributed by atoms with E-state index >= 15 is 0 Å². The zero-order valence-electron chi connectivity index (χ0n) is 17.3. The van der Waals surface area contributed by atoms with Gasteiger partial charge in [-0.3, -0.25) is 9.78 Å². The number of hydrogen-bond donors (Lipinski definition) is 1. The van der Waals surface area contributed by atoms with Gasteiger partial charge in [-0.1, -0.05) is 23.0 Å². The normalized spacial score (nSPS) is 10.8. The minimum atomic E-state index is -0.0989. The molecule has 31 heavy (non-hydrogen) atoms. The van der Waals surface area contributed by atoms with Crippen molar-refractivity contribution in [2.45, 2.75) is 36.5 Å². The molecule has 2 aromatic carbocycles. The summed E-state index contributed by atoms with van der Waals surface area (Å²) in [5, 5.41) is 6.87. The Kier molecular flexibility index (Phi) is 6.43. The van der Waals surface area contributed by atoms with Crippen LogP contribution in [0.4, 0.5) is 5.69 Å². The van der Waals surface area contributed by atoms with Crippen LogP contribution in [-0.4, -0.2) is 21.0 Å². The highest BCUT2D eigenvalue weighted by Crippen LogP contribution is 2.29. The third-order valence-corrected chi connectivity index (χ3v) is 5.82. The molecule has 2 heterocycles. The number of nitrogens with zero attached hydrogens (tertiary/aromatic N) is 3. The summed E-state index contributed by atoms with van der Waals surface area (Å²) in [6.45, 7) is 4.23. The van der Waals surface area contributed by atoms with Crippen LogP contribution in [0.5, 0.6) is 0 Å². The van der Waals surface area contributed by atoms with Crippen molar-refractivity contribution in [3.8, 4) is 11.4 Å². The van der Waals surface area contributed by atoms with Crippen molar-refractivity contribution < 1.29 is 9.32 Å². The number of nitrogens with one attached hydrogen (secondary N) is 1. The number of hydrogen-bond acceptors (Lipinski definition) is 6. The van der Waals surface area contributed by atoms with Gasteiger partial charge in [-0.05, 0) is 73.5 Å². The van der Waals surface area contributed by atoms with Crippen LogP contribution in [0.15, 0.2) is 81.3 Å². The number of aryl methyl sites for hydroxylation is 3. The SMILES string of the molecule is Cc1ccc(Sc2ccc(NC(=O)CCc3nc(-c4ccncc4)no3)cc2)cc1C. The van der Waals surface area contributed by atoms with Gasteiger partial charge in [-0.2, -0.15) is 4.98 Å². The molecule has 0 saturated heterocycles. The molecule has 156 valence electrons. The van der Waals surface area contributed by atoms with Crippen LogP contribution in [0.25, 0.3) is 11.4 Å². The minimum absolute atomic E-state index is 0.0989. The van der Waals surface area contributed by atoms with Crippen LogP contribution >= 0.6 is 11.8 Å². The van der Waals surface area contributed by atoms with E-state index in [2.05, 4.69) is 52.5 Å². The second-order valence-corrected chi connectivity index (χ2v) is 8.32. The van der Waals surface area contributed by atoms with Gasteiger partial charge in [0.15, 0.2) is 0 Å². The van der Waals surface area contributed by atoms with Crippen LogP contribution in [0, 0.1) is 13.8 Å². The predicted octanol–water partition coefficient (Wildman–Crippen LogP) is 5.47. The Balaban J connectivity index is 1.29. The van der Waals surface area contributed by atoms with Crippen molar-refractivity contribution in [1.29, 1.82) is 0 Å². The first-order chi connectivity index (χ1) is 15.1. The number of amides is 1. The Hall–Kier alpha value is -3.45. The Bertz CT molecular complexity index is 1170. The molecule has 0 spiro atoms. The topological polar surface area (TPSA) is 80.9 Å². The second kappa shape index (κ2) is 9.57. The molecule has 0 atom stereocenters. The average Bonchev–Trinajstić information content (AvgIpc) is 3.26.